The van der Waals surface area contributed by atoms with Gasteiger partial charge in [-0.2, -0.15) is 0 Å². The van der Waals surface area contributed by atoms with Gasteiger partial charge in [0, 0.05) is 0 Å². The number of carboxylic acid groups (broad SMARTS) is 2. The van der Waals surface area contributed by atoms with Crippen molar-refractivity contribution in [2.45, 2.75) is 0 Å². The molecule has 0 aliphatic rings. The summed E-state index contributed by atoms with van der Waals surface area (Å²) in [7, 11) is 0. The highest BCUT2D eigenvalue weighted by atomic mass is 19.1. The first kappa shape index (κ1) is 15.2. The summed E-state index contributed by atoms with van der Waals surface area (Å²) in [5.74, 6) is -4.22. The van der Waals surface area contributed by atoms with Crippen molar-refractivity contribution in [3.8, 4) is 0 Å². The molecule has 0 unspecified atom stereocenters. The average molecular weight is 303 g/mol. The van der Waals surface area contributed by atoms with Crippen molar-refractivity contribution in [3.63, 3.8) is 0 Å². The predicted octanol–water partition coefficient (Wildman–Crippen LogP) is 2.47. The van der Waals surface area contributed by atoms with Gasteiger partial charge in [-0.1, -0.05) is 12.1 Å². The van der Waals surface area contributed by atoms with Crippen LogP contribution in [0.5, 0.6) is 0 Å². The summed E-state index contributed by atoms with van der Waals surface area (Å²) < 4.78 is 13.2. The molecule has 0 aromatic heterocycles. The van der Waals surface area contributed by atoms with Gasteiger partial charge < -0.3 is 15.5 Å². The van der Waals surface area contributed by atoms with E-state index in [9.17, 15) is 18.8 Å². The maximum Gasteiger partial charge on any atom is 0.337 e. The molecule has 0 atom stereocenters. The summed E-state index contributed by atoms with van der Waals surface area (Å²) in [4.78, 5) is 34.3. The van der Waals surface area contributed by atoms with Gasteiger partial charge in [-0.05, 0) is 30.3 Å². The molecule has 0 saturated carbocycles. The summed E-state index contributed by atoms with van der Waals surface area (Å²) >= 11 is 0. The van der Waals surface area contributed by atoms with Gasteiger partial charge in [0.2, 0.25) is 0 Å². The molecule has 0 radical (unpaired) electrons. The number of halogens is 1. The fourth-order valence-electron chi connectivity index (χ4n) is 1.86. The molecule has 22 heavy (non-hydrogen) atoms. The minimum absolute atomic E-state index is 0.157. The lowest BCUT2D eigenvalue weighted by Gasteiger charge is -2.10. The Morgan fingerprint density at radius 3 is 2.05 bits per heavy atom. The fourth-order valence-corrected chi connectivity index (χ4v) is 1.86. The van der Waals surface area contributed by atoms with E-state index >= 15 is 0 Å². The van der Waals surface area contributed by atoms with Crippen LogP contribution in [0.3, 0.4) is 0 Å². The third-order valence-electron chi connectivity index (χ3n) is 2.86. The van der Waals surface area contributed by atoms with Crippen molar-refractivity contribution >= 4 is 23.5 Å². The van der Waals surface area contributed by atoms with Crippen molar-refractivity contribution < 1.29 is 29.0 Å². The average Bonchev–Trinajstić information content (AvgIpc) is 2.46. The van der Waals surface area contributed by atoms with Gasteiger partial charge in [-0.25, -0.2) is 14.0 Å². The van der Waals surface area contributed by atoms with Crippen LogP contribution in [-0.4, -0.2) is 28.1 Å². The summed E-state index contributed by atoms with van der Waals surface area (Å²) in [6, 6.07) is 8.24. The predicted molar refractivity (Wildman–Crippen MR) is 74.7 cm³/mol. The smallest absolute Gasteiger partial charge is 0.337 e. The van der Waals surface area contributed by atoms with Crippen molar-refractivity contribution in [1.82, 2.24) is 0 Å². The molecule has 0 bridgehead atoms. The minimum Gasteiger partial charge on any atom is -0.478 e. The van der Waals surface area contributed by atoms with Crippen LogP contribution in [0.25, 0.3) is 0 Å². The number of benzene rings is 2. The van der Waals surface area contributed by atoms with E-state index in [-0.39, 0.29) is 22.4 Å². The number of anilines is 1. The molecule has 112 valence electrons. The van der Waals surface area contributed by atoms with Crippen LogP contribution in [0.15, 0.2) is 42.5 Å². The van der Waals surface area contributed by atoms with Gasteiger partial charge >= 0.3 is 11.9 Å². The van der Waals surface area contributed by atoms with E-state index in [1.807, 2.05) is 0 Å². The lowest BCUT2D eigenvalue weighted by Crippen LogP contribution is -2.18. The molecule has 6 nitrogen and oxygen atoms in total. The minimum atomic E-state index is -1.35. The van der Waals surface area contributed by atoms with Gasteiger partial charge in [0.25, 0.3) is 5.91 Å². The second-order valence-corrected chi connectivity index (χ2v) is 4.30. The van der Waals surface area contributed by atoms with Crippen LogP contribution in [0.1, 0.15) is 31.1 Å². The summed E-state index contributed by atoms with van der Waals surface area (Å²) in [6.07, 6.45) is 0. The Morgan fingerprint density at radius 2 is 1.45 bits per heavy atom. The molecular formula is C15H10FNO5. The molecule has 0 fully saturated rings. The van der Waals surface area contributed by atoms with E-state index in [1.54, 1.807) is 0 Å². The largest absolute Gasteiger partial charge is 0.478 e. The monoisotopic (exact) mass is 303 g/mol. The Morgan fingerprint density at radius 1 is 0.864 bits per heavy atom. The highest BCUT2D eigenvalue weighted by molar-refractivity contribution is 6.12. The topological polar surface area (TPSA) is 104 Å². The van der Waals surface area contributed by atoms with Crippen LogP contribution in [-0.2, 0) is 0 Å². The molecular weight excluding hydrogens is 293 g/mol. The first-order valence-electron chi connectivity index (χ1n) is 6.06. The second-order valence-electron chi connectivity index (χ2n) is 4.30. The Labute approximate surface area is 123 Å². The number of carbonyl (C=O) groups is 3. The van der Waals surface area contributed by atoms with Crippen LogP contribution in [0.2, 0.25) is 0 Å². The summed E-state index contributed by atoms with van der Waals surface area (Å²) in [5, 5.41) is 20.3. The number of hydrogen-bond acceptors (Lipinski definition) is 3. The second kappa shape index (κ2) is 6.04. The van der Waals surface area contributed by atoms with Gasteiger partial charge in [0.1, 0.15) is 5.82 Å². The fraction of sp³-hybridized carbons (Fsp3) is 0. The van der Waals surface area contributed by atoms with E-state index in [1.165, 1.54) is 24.3 Å². The summed E-state index contributed by atoms with van der Waals surface area (Å²) in [5.41, 5.74) is -0.955. The molecule has 7 heteroatoms. The lowest BCUT2D eigenvalue weighted by molar-refractivity contribution is 0.0684. The van der Waals surface area contributed by atoms with Crippen LogP contribution in [0, 0.1) is 5.82 Å². The number of nitrogens with one attached hydrogen (secondary N) is 1. The maximum atomic E-state index is 13.2. The molecule has 0 heterocycles. The zero-order valence-electron chi connectivity index (χ0n) is 11.0. The summed E-state index contributed by atoms with van der Waals surface area (Å²) in [6.45, 7) is 0. The number of hydrogen-bond donors (Lipinski definition) is 3. The van der Waals surface area contributed by atoms with Crippen LogP contribution < -0.4 is 5.32 Å². The first-order chi connectivity index (χ1) is 10.4. The SMILES string of the molecule is O=C(O)c1ccc(F)cc1NC(=O)c1ccccc1C(=O)O. The van der Waals surface area contributed by atoms with Gasteiger partial charge in [-0.15, -0.1) is 0 Å². The molecule has 0 spiro atoms. The molecule has 0 saturated heterocycles. The van der Waals surface area contributed by atoms with Gasteiger partial charge in [-0.3, -0.25) is 4.79 Å². The van der Waals surface area contributed by atoms with Gasteiger partial charge in [0.05, 0.1) is 22.4 Å². The van der Waals surface area contributed by atoms with E-state index in [0.717, 1.165) is 18.2 Å². The lowest BCUT2D eigenvalue weighted by atomic mass is 10.1. The third-order valence-corrected chi connectivity index (χ3v) is 2.86. The van der Waals surface area contributed by atoms with E-state index in [0.29, 0.717) is 0 Å². The Hall–Kier alpha value is -3.22. The Kier molecular flexibility index (Phi) is 4.17. The number of aromatic carboxylic acids is 2. The molecule has 2 aromatic rings. The molecule has 0 aliphatic heterocycles. The van der Waals surface area contributed by atoms with E-state index < -0.39 is 23.7 Å². The Bertz CT molecular complexity index is 772. The van der Waals surface area contributed by atoms with Crippen LogP contribution >= 0.6 is 0 Å². The number of amides is 1. The van der Waals surface area contributed by atoms with Crippen molar-refractivity contribution in [2.24, 2.45) is 0 Å². The standard InChI is InChI=1S/C15H10FNO5/c16-8-5-6-11(15(21)22)12(7-8)17-13(18)9-3-1-2-4-10(9)14(19)20/h1-7H,(H,17,18)(H,19,20)(H,21,22). The zero-order valence-corrected chi connectivity index (χ0v) is 11.0. The Balaban J connectivity index is 2.40. The van der Waals surface area contributed by atoms with Crippen molar-refractivity contribution in [2.75, 3.05) is 5.32 Å². The number of carboxylic acids is 2. The van der Waals surface area contributed by atoms with Gasteiger partial charge in [0.15, 0.2) is 0 Å². The van der Waals surface area contributed by atoms with Crippen molar-refractivity contribution in [3.05, 3.63) is 65.0 Å². The van der Waals surface area contributed by atoms with E-state index in [4.69, 9.17) is 10.2 Å². The molecule has 2 aromatic carbocycles. The van der Waals surface area contributed by atoms with E-state index in [2.05, 4.69) is 5.32 Å². The van der Waals surface area contributed by atoms with Crippen LogP contribution in [0.4, 0.5) is 10.1 Å². The highest BCUT2D eigenvalue weighted by Gasteiger charge is 2.18. The molecule has 1 amide bonds. The third kappa shape index (κ3) is 3.09. The molecule has 2 rings (SSSR count). The molecule has 3 N–H and O–H groups in total. The van der Waals surface area contributed by atoms with Crippen molar-refractivity contribution in [1.29, 1.82) is 0 Å². The first-order valence-corrected chi connectivity index (χ1v) is 6.06. The normalized spacial score (nSPS) is 10.0. The zero-order chi connectivity index (χ0) is 16.3. The number of rotatable bonds is 4. The number of carbonyl (C=O) groups excluding carboxylic acids is 1. The maximum absolute atomic E-state index is 13.2. The highest BCUT2D eigenvalue weighted by Crippen LogP contribution is 2.19. The quantitative estimate of drug-likeness (QED) is 0.805. The molecule has 0 aliphatic carbocycles.